The molecule has 0 unspecified atom stereocenters. The average Bonchev–Trinajstić information content (AvgIpc) is 2.36. The van der Waals surface area contributed by atoms with Crippen LogP contribution in [0.3, 0.4) is 0 Å². The first-order chi connectivity index (χ1) is 9.31. The second-order valence-electron chi connectivity index (χ2n) is 4.45. The molecule has 2 rings (SSSR count). The molecule has 3 nitrogen and oxygen atoms in total. The summed E-state index contributed by atoms with van der Waals surface area (Å²) in [4.78, 5) is 0.216. The SMILES string of the molecule is Cc1cc(Cl)c(NS(=O)(=O)c2ccccc2C)cc1Cl. The number of hydrogen-bond acceptors (Lipinski definition) is 2. The van der Waals surface area contributed by atoms with Gasteiger partial charge in [0.15, 0.2) is 0 Å². The van der Waals surface area contributed by atoms with Crippen LogP contribution in [0, 0.1) is 13.8 Å². The third kappa shape index (κ3) is 3.08. The van der Waals surface area contributed by atoms with Crippen molar-refractivity contribution in [1.82, 2.24) is 0 Å². The first-order valence-electron chi connectivity index (χ1n) is 5.85. The van der Waals surface area contributed by atoms with Gasteiger partial charge < -0.3 is 0 Å². The van der Waals surface area contributed by atoms with Crippen molar-refractivity contribution >= 4 is 38.9 Å². The zero-order valence-electron chi connectivity index (χ0n) is 10.9. The van der Waals surface area contributed by atoms with E-state index in [0.717, 1.165) is 5.56 Å². The summed E-state index contributed by atoms with van der Waals surface area (Å²) in [6.07, 6.45) is 0. The van der Waals surface area contributed by atoms with Crippen LogP contribution in [-0.2, 0) is 10.0 Å². The fourth-order valence-corrected chi connectivity index (χ4v) is 3.59. The van der Waals surface area contributed by atoms with Gasteiger partial charge in [0.25, 0.3) is 10.0 Å². The molecule has 2 aromatic carbocycles. The molecule has 0 aromatic heterocycles. The van der Waals surface area contributed by atoms with Gasteiger partial charge in [-0.05, 0) is 43.2 Å². The number of anilines is 1. The minimum atomic E-state index is -3.69. The summed E-state index contributed by atoms with van der Waals surface area (Å²) in [5, 5.41) is 0.765. The lowest BCUT2D eigenvalue weighted by Gasteiger charge is -2.12. The lowest BCUT2D eigenvalue weighted by molar-refractivity contribution is 0.600. The average molecular weight is 330 g/mol. The Labute approximate surface area is 128 Å². The van der Waals surface area contributed by atoms with Gasteiger partial charge in [-0.2, -0.15) is 0 Å². The molecule has 106 valence electrons. The second kappa shape index (κ2) is 5.64. The predicted molar refractivity (Wildman–Crippen MR) is 83.2 cm³/mol. The van der Waals surface area contributed by atoms with Crippen LogP contribution in [-0.4, -0.2) is 8.42 Å². The van der Waals surface area contributed by atoms with E-state index >= 15 is 0 Å². The number of rotatable bonds is 3. The van der Waals surface area contributed by atoms with Crippen molar-refractivity contribution in [1.29, 1.82) is 0 Å². The molecule has 0 atom stereocenters. The van der Waals surface area contributed by atoms with Crippen LogP contribution in [0.2, 0.25) is 10.0 Å². The quantitative estimate of drug-likeness (QED) is 0.906. The Balaban J connectivity index is 2.44. The third-order valence-electron chi connectivity index (χ3n) is 2.88. The molecule has 0 amide bonds. The Morgan fingerprint density at radius 2 is 1.60 bits per heavy atom. The fourth-order valence-electron chi connectivity index (χ4n) is 1.78. The monoisotopic (exact) mass is 329 g/mol. The minimum absolute atomic E-state index is 0.216. The highest BCUT2D eigenvalue weighted by Crippen LogP contribution is 2.30. The summed E-state index contributed by atoms with van der Waals surface area (Å²) in [6.45, 7) is 3.53. The third-order valence-corrected chi connectivity index (χ3v) is 5.12. The molecule has 6 heteroatoms. The van der Waals surface area contributed by atoms with Crippen LogP contribution in [0.15, 0.2) is 41.3 Å². The van der Waals surface area contributed by atoms with Gasteiger partial charge in [-0.15, -0.1) is 0 Å². The van der Waals surface area contributed by atoms with E-state index in [2.05, 4.69) is 4.72 Å². The number of sulfonamides is 1. The molecule has 0 fully saturated rings. The molecule has 0 bridgehead atoms. The first kappa shape index (κ1) is 15.2. The van der Waals surface area contributed by atoms with Crippen molar-refractivity contribution in [2.75, 3.05) is 4.72 Å². The summed E-state index contributed by atoms with van der Waals surface area (Å²) < 4.78 is 27.2. The van der Waals surface area contributed by atoms with E-state index in [4.69, 9.17) is 23.2 Å². The summed E-state index contributed by atoms with van der Waals surface area (Å²) >= 11 is 12.0. The summed E-state index contributed by atoms with van der Waals surface area (Å²) in [5.41, 5.74) is 1.72. The molecule has 2 aromatic rings. The maximum absolute atomic E-state index is 12.4. The molecule has 0 saturated heterocycles. The molecule has 0 aliphatic rings. The second-order valence-corrected chi connectivity index (χ2v) is 6.92. The largest absolute Gasteiger partial charge is 0.278 e. The molecule has 0 aliphatic carbocycles. The van der Waals surface area contributed by atoms with Crippen LogP contribution in [0.5, 0.6) is 0 Å². The van der Waals surface area contributed by atoms with Crippen LogP contribution in [0.4, 0.5) is 5.69 Å². The van der Waals surface area contributed by atoms with Gasteiger partial charge in [-0.25, -0.2) is 8.42 Å². The zero-order chi connectivity index (χ0) is 14.9. The van der Waals surface area contributed by atoms with Gasteiger partial charge in [-0.1, -0.05) is 41.4 Å². The van der Waals surface area contributed by atoms with E-state index in [1.165, 1.54) is 6.07 Å². The lowest BCUT2D eigenvalue weighted by Crippen LogP contribution is -2.14. The Bertz CT molecular complexity index is 758. The fraction of sp³-hybridized carbons (Fsp3) is 0.143. The van der Waals surface area contributed by atoms with Crippen LogP contribution in [0.1, 0.15) is 11.1 Å². The van der Waals surface area contributed by atoms with E-state index in [-0.39, 0.29) is 10.6 Å². The van der Waals surface area contributed by atoms with E-state index < -0.39 is 10.0 Å². The standard InChI is InChI=1S/C14H13Cl2NO2S/c1-9-5-3-4-6-14(9)20(18,19)17-13-8-11(15)10(2)7-12(13)16/h3-8,17H,1-2H3. The van der Waals surface area contributed by atoms with Crippen molar-refractivity contribution in [3.63, 3.8) is 0 Å². The molecule has 20 heavy (non-hydrogen) atoms. The minimum Gasteiger partial charge on any atom is -0.278 e. The van der Waals surface area contributed by atoms with Crippen LogP contribution in [0.25, 0.3) is 0 Å². The van der Waals surface area contributed by atoms with Gasteiger partial charge >= 0.3 is 0 Å². The Kier molecular flexibility index (Phi) is 4.28. The number of halogens is 2. The number of hydrogen-bond donors (Lipinski definition) is 1. The summed E-state index contributed by atoms with van der Waals surface area (Å²) in [7, 11) is -3.69. The van der Waals surface area contributed by atoms with Crippen molar-refractivity contribution in [2.24, 2.45) is 0 Å². The topological polar surface area (TPSA) is 46.2 Å². The molecular formula is C14H13Cl2NO2S. The van der Waals surface area contributed by atoms with E-state index in [1.54, 1.807) is 44.2 Å². The summed E-state index contributed by atoms with van der Waals surface area (Å²) in [5.74, 6) is 0. The highest BCUT2D eigenvalue weighted by Gasteiger charge is 2.18. The maximum atomic E-state index is 12.4. The Morgan fingerprint density at radius 1 is 0.950 bits per heavy atom. The summed E-state index contributed by atoms with van der Waals surface area (Å²) in [6, 6.07) is 9.86. The maximum Gasteiger partial charge on any atom is 0.262 e. The van der Waals surface area contributed by atoms with Gasteiger partial charge in [-0.3, -0.25) is 4.72 Å². The molecule has 0 aliphatic heterocycles. The normalized spacial score (nSPS) is 11.4. The van der Waals surface area contributed by atoms with E-state index in [9.17, 15) is 8.42 Å². The smallest absolute Gasteiger partial charge is 0.262 e. The van der Waals surface area contributed by atoms with Crippen LogP contribution < -0.4 is 4.72 Å². The highest BCUT2D eigenvalue weighted by molar-refractivity contribution is 7.92. The number of nitrogens with one attached hydrogen (secondary N) is 1. The van der Waals surface area contributed by atoms with Crippen molar-refractivity contribution < 1.29 is 8.42 Å². The molecule has 0 saturated carbocycles. The van der Waals surface area contributed by atoms with Crippen LogP contribution >= 0.6 is 23.2 Å². The van der Waals surface area contributed by atoms with E-state index in [1.807, 2.05) is 0 Å². The number of benzene rings is 2. The van der Waals surface area contributed by atoms with Crippen molar-refractivity contribution in [3.05, 3.63) is 57.6 Å². The lowest BCUT2D eigenvalue weighted by atomic mass is 10.2. The molecular weight excluding hydrogens is 317 g/mol. The molecule has 0 heterocycles. The predicted octanol–water partition coefficient (Wildman–Crippen LogP) is 4.41. The van der Waals surface area contributed by atoms with Gasteiger partial charge in [0, 0.05) is 5.02 Å². The molecule has 0 radical (unpaired) electrons. The van der Waals surface area contributed by atoms with Gasteiger partial charge in [0.1, 0.15) is 0 Å². The Morgan fingerprint density at radius 3 is 2.25 bits per heavy atom. The number of aryl methyl sites for hydroxylation is 2. The van der Waals surface area contributed by atoms with Gasteiger partial charge in [0.05, 0.1) is 15.6 Å². The Hall–Kier alpha value is -1.23. The molecule has 0 spiro atoms. The first-order valence-corrected chi connectivity index (χ1v) is 8.09. The van der Waals surface area contributed by atoms with Crippen molar-refractivity contribution in [3.8, 4) is 0 Å². The van der Waals surface area contributed by atoms with Gasteiger partial charge in [0.2, 0.25) is 0 Å². The molecule has 1 N–H and O–H groups in total. The van der Waals surface area contributed by atoms with Crippen molar-refractivity contribution in [2.45, 2.75) is 18.7 Å². The van der Waals surface area contributed by atoms with E-state index in [0.29, 0.717) is 15.6 Å². The zero-order valence-corrected chi connectivity index (χ0v) is 13.3. The highest BCUT2D eigenvalue weighted by atomic mass is 35.5.